The summed E-state index contributed by atoms with van der Waals surface area (Å²) in [6.07, 6.45) is -1.02. The van der Waals surface area contributed by atoms with Crippen molar-refractivity contribution in [2.75, 3.05) is 5.73 Å². The number of anilines is 1. The standard InChI is InChI=1S/C12H9NO2/c13-9-5-4-8-10-6(9)2-1-3-7(10)11(14)12(8)15/h1-5,11,14H,13H2. The molecule has 0 radical (unpaired) electrons. The average molecular weight is 199 g/mol. The second kappa shape index (κ2) is 2.58. The molecule has 0 aliphatic heterocycles. The summed E-state index contributed by atoms with van der Waals surface area (Å²) in [5.74, 6) is -0.235. The van der Waals surface area contributed by atoms with Crippen LogP contribution in [0.2, 0.25) is 0 Å². The van der Waals surface area contributed by atoms with Crippen LogP contribution in [0.1, 0.15) is 22.0 Å². The molecule has 2 aromatic rings. The maximum absolute atomic E-state index is 11.7. The van der Waals surface area contributed by atoms with Crippen LogP contribution < -0.4 is 5.73 Å². The average Bonchev–Trinajstić information content (AvgIpc) is 2.50. The second-order valence-corrected chi connectivity index (χ2v) is 3.74. The van der Waals surface area contributed by atoms with Crippen LogP contribution >= 0.6 is 0 Å². The zero-order valence-electron chi connectivity index (χ0n) is 7.90. The van der Waals surface area contributed by atoms with Crippen LogP contribution in [0.15, 0.2) is 30.3 Å². The number of benzene rings is 2. The first-order valence-electron chi connectivity index (χ1n) is 4.73. The molecule has 0 heterocycles. The molecule has 0 saturated heterocycles. The predicted molar refractivity (Wildman–Crippen MR) is 57.7 cm³/mol. The summed E-state index contributed by atoms with van der Waals surface area (Å²) in [5.41, 5.74) is 7.69. The Morgan fingerprint density at radius 1 is 1.20 bits per heavy atom. The van der Waals surface area contributed by atoms with Gasteiger partial charge < -0.3 is 10.8 Å². The van der Waals surface area contributed by atoms with Gasteiger partial charge in [0, 0.05) is 22.0 Å². The fourth-order valence-electron chi connectivity index (χ4n) is 2.18. The Bertz CT molecular complexity index is 589. The van der Waals surface area contributed by atoms with E-state index >= 15 is 0 Å². The van der Waals surface area contributed by atoms with Crippen molar-refractivity contribution in [2.45, 2.75) is 6.10 Å². The largest absolute Gasteiger partial charge is 0.398 e. The lowest BCUT2D eigenvalue weighted by molar-refractivity contribution is 0.0766. The lowest BCUT2D eigenvalue weighted by Gasteiger charge is -2.03. The van der Waals surface area contributed by atoms with Crippen LogP contribution in [0.25, 0.3) is 10.8 Å². The van der Waals surface area contributed by atoms with Crippen molar-refractivity contribution in [3.63, 3.8) is 0 Å². The first kappa shape index (κ1) is 8.44. The summed E-state index contributed by atoms with van der Waals surface area (Å²) >= 11 is 0. The molecule has 3 N–H and O–H groups in total. The lowest BCUT2D eigenvalue weighted by atomic mass is 10.0. The molecule has 0 fully saturated rings. The van der Waals surface area contributed by atoms with E-state index in [-0.39, 0.29) is 5.78 Å². The van der Waals surface area contributed by atoms with Gasteiger partial charge in [-0.1, -0.05) is 18.2 Å². The number of hydrogen-bond acceptors (Lipinski definition) is 3. The van der Waals surface area contributed by atoms with E-state index in [4.69, 9.17) is 5.73 Å². The Labute approximate surface area is 86.1 Å². The summed E-state index contributed by atoms with van der Waals surface area (Å²) in [6.45, 7) is 0. The van der Waals surface area contributed by atoms with Gasteiger partial charge in [-0.2, -0.15) is 0 Å². The highest BCUT2D eigenvalue weighted by atomic mass is 16.3. The summed E-state index contributed by atoms with van der Waals surface area (Å²) in [5, 5.41) is 11.4. The molecule has 3 nitrogen and oxygen atoms in total. The monoisotopic (exact) mass is 199 g/mol. The van der Waals surface area contributed by atoms with Crippen LogP contribution in [0.3, 0.4) is 0 Å². The summed E-state index contributed by atoms with van der Waals surface area (Å²) in [7, 11) is 0. The van der Waals surface area contributed by atoms with Gasteiger partial charge in [0.05, 0.1) is 0 Å². The van der Waals surface area contributed by atoms with E-state index in [1.54, 1.807) is 24.3 Å². The van der Waals surface area contributed by atoms with Crippen LogP contribution in [-0.2, 0) is 0 Å². The first-order valence-corrected chi connectivity index (χ1v) is 4.73. The summed E-state index contributed by atoms with van der Waals surface area (Å²) in [4.78, 5) is 11.7. The number of nitrogens with two attached hydrogens (primary N) is 1. The van der Waals surface area contributed by atoms with Crippen molar-refractivity contribution < 1.29 is 9.90 Å². The van der Waals surface area contributed by atoms with Gasteiger partial charge in [0.2, 0.25) is 0 Å². The summed E-state index contributed by atoms with van der Waals surface area (Å²) in [6, 6.07) is 8.82. The highest BCUT2D eigenvalue weighted by Crippen LogP contribution is 2.38. The third-order valence-corrected chi connectivity index (χ3v) is 2.91. The maximum Gasteiger partial charge on any atom is 0.196 e. The van der Waals surface area contributed by atoms with Gasteiger partial charge in [-0.25, -0.2) is 0 Å². The minimum absolute atomic E-state index is 0.235. The Balaban J connectivity index is 2.56. The van der Waals surface area contributed by atoms with E-state index in [2.05, 4.69) is 0 Å². The molecule has 3 heteroatoms. The molecule has 2 aromatic carbocycles. The summed E-state index contributed by atoms with van der Waals surface area (Å²) < 4.78 is 0. The number of hydrogen-bond donors (Lipinski definition) is 2. The van der Waals surface area contributed by atoms with Crippen LogP contribution in [0.4, 0.5) is 5.69 Å². The van der Waals surface area contributed by atoms with Crippen molar-refractivity contribution in [1.29, 1.82) is 0 Å². The highest BCUT2D eigenvalue weighted by molar-refractivity contribution is 6.19. The van der Waals surface area contributed by atoms with Crippen LogP contribution in [-0.4, -0.2) is 10.9 Å². The molecular weight excluding hydrogens is 190 g/mol. The van der Waals surface area contributed by atoms with Gasteiger partial charge in [0.1, 0.15) is 6.10 Å². The zero-order valence-corrected chi connectivity index (χ0v) is 7.90. The first-order chi connectivity index (χ1) is 7.20. The van der Waals surface area contributed by atoms with Crippen molar-refractivity contribution in [3.05, 3.63) is 41.5 Å². The molecule has 1 atom stereocenters. The fraction of sp³-hybridized carbons (Fsp3) is 0.0833. The lowest BCUT2D eigenvalue weighted by Crippen LogP contribution is -2.04. The Morgan fingerprint density at radius 2 is 2.00 bits per heavy atom. The van der Waals surface area contributed by atoms with Gasteiger partial charge in [-0.05, 0) is 17.7 Å². The van der Waals surface area contributed by atoms with Gasteiger partial charge >= 0.3 is 0 Å². The van der Waals surface area contributed by atoms with E-state index in [9.17, 15) is 9.90 Å². The minimum Gasteiger partial charge on any atom is -0.398 e. The molecule has 15 heavy (non-hydrogen) atoms. The Hall–Kier alpha value is -1.87. The third-order valence-electron chi connectivity index (χ3n) is 2.91. The molecule has 0 spiro atoms. The number of carbonyl (C=O) groups excluding carboxylic acids is 1. The predicted octanol–water partition coefficient (Wildman–Crippen LogP) is 1.65. The van der Waals surface area contributed by atoms with Gasteiger partial charge in [-0.3, -0.25) is 4.79 Å². The molecule has 0 saturated carbocycles. The molecule has 1 unspecified atom stereocenters. The molecule has 1 aliphatic rings. The second-order valence-electron chi connectivity index (χ2n) is 3.74. The number of Topliss-reactive ketones (excluding diaryl/α,β-unsaturated/α-hetero) is 1. The quantitative estimate of drug-likeness (QED) is 0.634. The van der Waals surface area contributed by atoms with E-state index in [1.807, 2.05) is 6.07 Å². The smallest absolute Gasteiger partial charge is 0.196 e. The van der Waals surface area contributed by atoms with Crippen LogP contribution in [0, 0.1) is 0 Å². The SMILES string of the molecule is Nc1ccc2c3c(cccc13)C(O)C2=O. The van der Waals surface area contributed by atoms with Crippen LogP contribution in [0.5, 0.6) is 0 Å². The molecule has 0 aromatic heterocycles. The fourth-order valence-corrected chi connectivity index (χ4v) is 2.18. The normalized spacial score (nSPS) is 18.7. The third kappa shape index (κ3) is 0.903. The maximum atomic E-state index is 11.7. The van der Waals surface area contributed by atoms with Gasteiger partial charge in [0.15, 0.2) is 5.78 Å². The van der Waals surface area contributed by atoms with E-state index in [0.29, 0.717) is 16.8 Å². The highest BCUT2D eigenvalue weighted by Gasteiger charge is 2.30. The van der Waals surface area contributed by atoms with Crippen molar-refractivity contribution in [2.24, 2.45) is 0 Å². The Kier molecular flexibility index (Phi) is 1.45. The van der Waals surface area contributed by atoms with Crippen molar-refractivity contribution >= 4 is 22.2 Å². The number of aliphatic hydroxyl groups excluding tert-OH is 1. The molecule has 74 valence electrons. The van der Waals surface area contributed by atoms with E-state index in [0.717, 1.165) is 10.8 Å². The van der Waals surface area contributed by atoms with Crippen molar-refractivity contribution in [3.8, 4) is 0 Å². The number of rotatable bonds is 0. The zero-order chi connectivity index (χ0) is 10.6. The molecule has 3 rings (SSSR count). The number of ketones is 1. The number of nitrogen functional groups attached to an aromatic ring is 1. The minimum atomic E-state index is -1.02. The van der Waals surface area contributed by atoms with Crippen molar-refractivity contribution in [1.82, 2.24) is 0 Å². The molecule has 0 amide bonds. The topological polar surface area (TPSA) is 63.3 Å². The molecular formula is C12H9NO2. The number of aliphatic hydroxyl groups is 1. The van der Waals surface area contributed by atoms with Gasteiger partial charge in [-0.15, -0.1) is 0 Å². The Morgan fingerprint density at radius 3 is 2.80 bits per heavy atom. The van der Waals surface area contributed by atoms with Gasteiger partial charge in [0.25, 0.3) is 0 Å². The molecule has 1 aliphatic carbocycles. The molecule has 0 bridgehead atoms. The van der Waals surface area contributed by atoms with E-state index in [1.165, 1.54) is 0 Å². The van der Waals surface area contributed by atoms with E-state index < -0.39 is 6.10 Å². The number of carbonyl (C=O) groups is 1.